The van der Waals surface area contributed by atoms with Crippen LogP contribution in [0.1, 0.15) is 40.5 Å². The lowest BCUT2D eigenvalue weighted by Gasteiger charge is -2.18. The van der Waals surface area contributed by atoms with Crippen molar-refractivity contribution in [1.82, 2.24) is 0 Å². The zero-order valence-corrected chi connectivity index (χ0v) is 21.5. The fourth-order valence-corrected chi connectivity index (χ4v) is 6.78. The topological polar surface area (TPSA) is 18.5 Å². The minimum absolute atomic E-state index is 0.787. The van der Waals surface area contributed by atoms with Crippen molar-refractivity contribution in [3.8, 4) is 0 Å². The normalized spacial score (nSPS) is 15.0. The summed E-state index contributed by atoms with van der Waals surface area (Å²) in [7, 11) is -2.03. The van der Waals surface area contributed by atoms with Crippen LogP contribution in [0.25, 0.3) is 0 Å². The van der Waals surface area contributed by atoms with Crippen molar-refractivity contribution in [2.75, 3.05) is 26.4 Å². The number of hydrogen-bond donors (Lipinski definition) is 0. The van der Waals surface area contributed by atoms with E-state index in [0.717, 1.165) is 39.3 Å². The van der Waals surface area contributed by atoms with Gasteiger partial charge in [0.2, 0.25) is 0 Å². The van der Waals surface area contributed by atoms with E-state index in [9.17, 15) is 0 Å². The first-order valence-corrected chi connectivity index (χ1v) is 17.7. The summed E-state index contributed by atoms with van der Waals surface area (Å²) in [5.74, 6) is 0. The SMILES string of the molecule is C/C(COCCCCOC/C(C)=C(/C)C[Si](C)(C)C)=C(\C)C[Si](C)(C)C. The van der Waals surface area contributed by atoms with Crippen LogP contribution in [-0.4, -0.2) is 42.6 Å². The first kappa shape index (κ1) is 25.8. The lowest BCUT2D eigenvalue weighted by Crippen LogP contribution is -2.20. The highest BCUT2D eigenvalue weighted by Crippen LogP contribution is 2.20. The van der Waals surface area contributed by atoms with Crippen LogP contribution in [0.4, 0.5) is 0 Å². The zero-order chi connectivity index (χ0) is 20.4. The molecule has 0 aliphatic heterocycles. The predicted octanol–water partition coefficient (Wildman–Crippen LogP) is 7.15. The van der Waals surface area contributed by atoms with E-state index in [1.807, 2.05) is 0 Å². The second-order valence-corrected chi connectivity index (χ2v) is 21.4. The molecule has 154 valence electrons. The summed E-state index contributed by atoms with van der Waals surface area (Å²) < 4.78 is 11.7. The Labute approximate surface area is 166 Å². The van der Waals surface area contributed by atoms with Crippen LogP contribution in [0, 0.1) is 0 Å². The zero-order valence-electron chi connectivity index (χ0n) is 19.5. The van der Waals surface area contributed by atoms with Crippen LogP contribution in [-0.2, 0) is 9.47 Å². The van der Waals surface area contributed by atoms with Gasteiger partial charge < -0.3 is 9.47 Å². The van der Waals surface area contributed by atoms with Crippen molar-refractivity contribution in [2.45, 2.75) is 91.9 Å². The van der Waals surface area contributed by atoms with Crippen molar-refractivity contribution >= 4 is 16.1 Å². The monoisotopic (exact) mass is 398 g/mol. The smallest absolute Gasteiger partial charge is 0.0676 e. The highest BCUT2D eigenvalue weighted by molar-refractivity contribution is 6.77. The summed E-state index contributed by atoms with van der Waals surface area (Å²) in [5.41, 5.74) is 5.90. The minimum Gasteiger partial charge on any atom is -0.377 e. The molecular formula is C22H46O2Si2. The standard InChI is InChI=1S/C22H46O2Si2/c1-19(21(3)17-25(5,6)7)15-23-13-11-12-14-24-16-20(2)22(4)18-26(8,9)10/h11-18H2,1-10H3/b21-19-,22-20-. The molecule has 0 amide bonds. The van der Waals surface area contributed by atoms with Crippen LogP contribution in [0.5, 0.6) is 0 Å². The van der Waals surface area contributed by atoms with E-state index in [2.05, 4.69) is 67.0 Å². The molecule has 0 unspecified atom stereocenters. The van der Waals surface area contributed by atoms with Gasteiger partial charge in [-0.15, -0.1) is 0 Å². The number of allylic oxidation sites excluding steroid dienone is 2. The largest absolute Gasteiger partial charge is 0.377 e. The quantitative estimate of drug-likeness (QED) is 0.186. The molecule has 0 spiro atoms. The maximum absolute atomic E-state index is 5.85. The molecule has 0 saturated heterocycles. The Balaban J connectivity index is 3.86. The fraction of sp³-hybridized carbons (Fsp3) is 0.818. The number of ether oxygens (including phenoxy) is 2. The van der Waals surface area contributed by atoms with E-state index < -0.39 is 16.1 Å². The van der Waals surface area contributed by atoms with Gasteiger partial charge in [-0.1, -0.05) is 50.4 Å². The predicted molar refractivity (Wildman–Crippen MR) is 124 cm³/mol. The first-order chi connectivity index (χ1) is 11.8. The molecule has 0 radical (unpaired) electrons. The molecule has 0 fully saturated rings. The van der Waals surface area contributed by atoms with Gasteiger partial charge >= 0.3 is 0 Å². The van der Waals surface area contributed by atoms with Gasteiger partial charge in [-0.3, -0.25) is 0 Å². The third-order valence-corrected chi connectivity index (χ3v) is 7.69. The Morgan fingerprint density at radius 1 is 0.538 bits per heavy atom. The lowest BCUT2D eigenvalue weighted by atomic mass is 10.2. The van der Waals surface area contributed by atoms with Crippen molar-refractivity contribution < 1.29 is 9.47 Å². The molecule has 4 heteroatoms. The Morgan fingerprint density at radius 3 is 1.12 bits per heavy atom. The Bertz CT molecular complexity index is 422. The van der Waals surface area contributed by atoms with Crippen molar-refractivity contribution in [3.05, 3.63) is 22.3 Å². The molecule has 0 rings (SSSR count). The Hall–Kier alpha value is -0.166. The van der Waals surface area contributed by atoms with Crippen LogP contribution < -0.4 is 0 Å². The maximum atomic E-state index is 5.85. The lowest BCUT2D eigenvalue weighted by molar-refractivity contribution is 0.121. The van der Waals surface area contributed by atoms with Gasteiger partial charge in [-0.05, 0) is 63.8 Å². The molecule has 0 N–H and O–H groups in total. The van der Waals surface area contributed by atoms with Crippen LogP contribution in [0.2, 0.25) is 51.4 Å². The molecule has 0 aliphatic carbocycles. The molecule has 0 heterocycles. The van der Waals surface area contributed by atoms with Crippen LogP contribution in [0.15, 0.2) is 22.3 Å². The molecular weight excluding hydrogens is 352 g/mol. The fourth-order valence-electron chi connectivity index (χ4n) is 3.00. The van der Waals surface area contributed by atoms with E-state index in [4.69, 9.17) is 9.47 Å². The Kier molecular flexibility index (Phi) is 12.2. The molecule has 0 atom stereocenters. The second-order valence-electron chi connectivity index (χ2n) is 10.4. The Morgan fingerprint density at radius 2 is 0.846 bits per heavy atom. The number of rotatable bonds is 13. The molecule has 0 saturated carbocycles. The summed E-state index contributed by atoms with van der Waals surface area (Å²) in [6, 6.07) is 2.56. The summed E-state index contributed by atoms with van der Waals surface area (Å²) in [6.45, 7) is 26.8. The average molecular weight is 399 g/mol. The van der Waals surface area contributed by atoms with E-state index in [0.29, 0.717) is 0 Å². The average Bonchev–Trinajstić information content (AvgIpc) is 2.45. The van der Waals surface area contributed by atoms with E-state index >= 15 is 0 Å². The van der Waals surface area contributed by atoms with Gasteiger partial charge in [0.05, 0.1) is 13.2 Å². The van der Waals surface area contributed by atoms with Gasteiger partial charge in [0.1, 0.15) is 0 Å². The van der Waals surface area contributed by atoms with Gasteiger partial charge in [0, 0.05) is 29.4 Å². The molecule has 0 aromatic rings. The molecule has 0 aromatic heterocycles. The first-order valence-electron chi connectivity index (χ1n) is 10.3. The van der Waals surface area contributed by atoms with Crippen molar-refractivity contribution in [1.29, 1.82) is 0 Å². The van der Waals surface area contributed by atoms with E-state index in [1.165, 1.54) is 34.4 Å². The van der Waals surface area contributed by atoms with E-state index in [-0.39, 0.29) is 0 Å². The molecule has 0 aromatic carbocycles. The summed E-state index contributed by atoms with van der Waals surface area (Å²) in [5, 5.41) is 0. The molecule has 2 nitrogen and oxygen atoms in total. The molecule has 26 heavy (non-hydrogen) atoms. The van der Waals surface area contributed by atoms with Gasteiger partial charge in [-0.25, -0.2) is 0 Å². The van der Waals surface area contributed by atoms with Crippen molar-refractivity contribution in [3.63, 3.8) is 0 Å². The van der Waals surface area contributed by atoms with Gasteiger partial charge in [-0.2, -0.15) is 0 Å². The van der Waals surface area contributed by atoms with Crippen LogP contribution >= 0.6 is 0 Å². The second kappa shape index (κ2) is 12.3. The van der Waals surface area contributed by atoms with Gasteiger partial charge in [0.15, 0.2) is 0 Å². The summed E-state index contributed by atoms with van der Waals surface area (Å²) in [6.07, 6.45) is 2.16. The van der Waals surface area contributed by atoms with Crippen molar-refractivity contribution in [2.24, 2.45) is 0 Å². The minimum atomic E-state index is -1.01. The molecule has 0 aliphatic rings. The third-order valence-electron chi connectivity index (χ3n) is 4.51. The number of hydrogen-bond acceptors (Lipinski definition) is 2. The summed E-state index contributed by atoms with van der Waals surface area (Å²) in [4.78, 5) is 0. The highest BCUT2D eigenvalue weighted by atomic mass is 28.3. The third kappa shape index (κ3) is 14.9. The maximum Gasteiger partial charge on any atom is 0.0676 e. The molecule has 0 bridgehead atoms. The highest BCUT2D eigenvalue weighted by Gasteiger charge is 2.15. The van der Waals surface area contributed by atoms with E-state index in [1.54, 1.807) is 0 Å². The number of unbranched alkanes of at least 4 members (excludes halogenated alkanes) is 1. The van der Waals surface area contributed by atoms with Gasteiger partial charge in [0.25, 0.3) is 0 Å². The van der Waals surface area contributed by atoms with Crippen LogP contribution in [0.3, 0.4) is 0 Å². The summed E-state index contributed by atoms with van der Waals surface area (Å²) >= 11 is 0.